The van der Waals surface area contributed by atoms with Crippen LogP contribution >= 0.6 is 11.6 Å². The van der Waals surface area contributed by atoms with Crippen molar-refractivity contribution >= 4 is 17.5 Å². The Kier molecular flexibility index (Phi) is 5.44. The largest absolute Gasteiger partial charge is 0.393 e. The number of halogens is 1. The van der Waals surface area contributed by atoms with Crippen LogP contribution in [-0.4, -0.2) is 45.4 Å². The summed E-state index contributed by atoms with van der Waals surface area (Å²) in [5.74, 6) is -0.193. The summed E-state index contributed by atoms with van der Waals surface area (Å²) >= 11 is 6.14. The lowest BCUT2D eigenvalue weighted by molar-refractivity contribution is 0.0686. The van der Waals surface area contributed by atoms with Crippen LogP contribution in [0.1, 0.15) is 35.3 Å². The lowest BCUT2D eigenvalue weighted by Crippen LogP contribution is -2.36. The number of benzene rings is 1. The molecule has 3 rings (SSSR count). The molecule has 1 fully saturated rings. The Balaban J connectivity index is 1.85. The lowest BCUT2D eigenvalue weighted by Gasteiger charge is -2.23. The number of aryl methyl sites for hydroxylation is 1. The highest BCUT2D eigenvalue weighted by Crippen LogP contribution is 2.26. The van der Waals surface area contributed by atoms with Gasteiger partial charge in [-0.2, -0.15) is 9.78 Å². The van der Waals surface area contributed by atoms with Crippen LogP contribution in [0.5, 0.6) is 0 Å². The fraction of sp³-hybridized carbons (Fsp3) is 0.421. The molecule has 1 heterocycles. The van der Waals surface area contributed by atoms with E-state index in [-0.39, 0.29) is 29.2 Å². The number of aliphatic hydroxyl groups is 1. The predicted octanol–water partition coefficient (Wildman–Crippen LogP) is 2.43. The molecule has 138 valence electrons. The summed E-state index contributed by atoms with van der Waals surface area (Å²) in [4.78, 5) is 26.4. The van der Waals surface area contributed by atoms with E-state index in [9.17, 15) is 14.7 Å². The number of aromatic nitrogens is 2. The molecule has 0 unspecified atom stereocenters. The zero-order valence-corrected chi connectivity index (χ0v) is 15.6. The molecular formula is C19H22ClN3O3. The van der Waals surface area contributed by atoms with Gasteiger partial charge in [-0.3, -0.25) is 9.59 Å². The first-order chi connectivity index (χ1) is 12.4. The maximum Gasteiger partial charge on any atom is 0.274 e. The van der Waals surface area contributed by atoms with E-state index in [0.29, 0.717) is 17.3 Å². The van der Waals surface area contributed by atoms with E-state index < -0.39 is 0 Å². The van der Waals surface area contributed by atoms with Gasteiger partial charge < -0.3 is 10.0 Å². The highest BCUT2D eigenvalue weighted by atomic mass is 35.5. The van der Waals surface area contributed by atoms with Crippen molar-refractivity contribution in [2.24, 2.45) is 5.92 Å². The first-order valence-corrected chi connectivity index (χ1v) is 9.05. The van der Waals surface area contributed by atoms with E-state index >= 15 is 0 Å². The summed E-state index contributed by atoms with van der Waals surface area (Å²) < 4.78 is 1.18. The number of rotatable bonds is 4. The van der Waals surface area contributed by atoms with Gasteiger partial charge in [0.2, 0.25) is 0 Å². The van der Waals surface area contributed by atoms with E-state index in [4.69, 9.17) is 11.6 Å². The summed E-state index contributed by atoms with van der Waals surface area (Å²) in [7, 11) is 1.69. The number of carbonyl (C=O) groups excluding carboxylic acids is 1. The van der Waals surface area contributed by atoms with Crippen LogP contribution in [0, 0.1) is 12.8 Å². The van der Waals surface area contributed by atoms with Crippen LogP contribution in [-0.2, 0) is 0 Å². The molecule has 2 aromatic rings. The number of amides is 1. The Morgan fingerprint density at radius 2 is 2.12 bits per heavy atom. The predicted molar refractivity (Wildman–Crippen MR) is 99.9 cm³/mol. The number of hydrogen-bond acceptors (Lipinski definition) is 4. The molecule has 0 radical (unpaired) electrons. The molecular weight excluding hydrogens is 354 g/mol. The minimum atomic E-state index is -0.359. The number of hydrogen-bond donors (Lipinski definition) is 1. The second-order valence-electron chi connectivity index (χ2n) is 6.85. The molecule has 6 nitrogen and oxygen atoms in total. The molecule has 1 aromatic carbocycles. The van der Waals surface area contributed by atoms with E-state index in [1.54, 1.807) is 30.1 Å². The SMILES string of the molecule is Cc1ccc(-n2nc(C(=O)N(C)C[C@H]3CCC[C@@H]3O)ccc2=O)cc1Cl. The van der Waals surface area contributed by atoms with E-state index in [0.717, 1.165) is 24.8 Å². The zero-order chi connectivity index (χ0) is 18.8. The van der Waals surface area contributed by atoms with Crippen LogP contribution < -0.4 is 5.56 Å². The van der Waals surface area contributed by atoms with E-state index in [2.05, 4.69) is 5.10 Å². The van der Waals surface area contributed by atoms with Crippen molar-refractivity contribution in [1.82, 2.24) is 14.7 Å². The number of carbonyl (C=O) groups is 1. The van der Waals surface area contributed by atoms with Gasteiger partial charge in [-0.1, -0.05) is 24.1 Å². The topological polar surface area (TPSA) is 75.4 Å². The molecule has 1 aliphatic rings. The Labute approximate surface area is 157 Å². The van der Waals surface area contributed by atoms with Crippen LogP contribution in [0.3, 0.4) is 0 Å². The van der Waals surface area contributed by atoms with Gasteiger partial charge in [0.25, 0.3) is 11.5 Å². The van der Waals surface area contributed by atoms with Crippen molar-refractivity contribution < 1.29 is 9.90 Å². The second-order valence-corrected chi connectivity index (χ2v) is 7.25. The third-order valence-electron chi connectivity index (χ3n) is 4.89. The summed E-state index contributed by atoms with van der Waals surface area (Å²) in [6.07, 6.45) is 2.31. The number of aliphatic hydroxyl groups excluding tert-OH is 1. The first kappa shape index (κ1) is 18.6. The molecule has 0 bridgehead atoms. The maximum absolute atomic E-state index is 12.7. The fourth-order valence-corrected chi connectivity index (χ4v) is 3.46. The molecule has 0 aliphatic heterocycles. The Morgan fingerprint density at radius 3 is 2.77 bits per heavy atom. The zero-order valence-electron chi connectivity index (χ0n) is 14.9. The van der Waals surface area contributed by atoms with Crippen LogP contribution in [0.25, 0.3) is 5.69 Å². The third-order valence-corrected chi connectivity index (χ3v) is 5.30. The molecule has 7 heteroatoms. The van der Waals surface area contributed by atoms with Crippen LogP contribution in [0.15, 0.2) is 35.1 Å². The smallest absolute Gasteiger partial charge is 0.274 e. The summed E-state index contributed by atoms with van der Waals surface area (Å²) in [5.41, 5.74) is 1.24. The molecule has 0 spiro atoms. The van der Waals surface area contributed by atoms with Crippen LogP contribution in [0.2, 0.25) is 5.02 Å². The van der Waals surface area contributed by atoms with Gasteiger partial charge in [0.1, 0.15) is 5.69 Å². The Bertz CT molecular complexity index is 881. The summed E-state index contributed by atoms with van der Waals surface area (Å²) in [6, 6.07) is 7.94. The quantitative estimate of drug-likeness (QED) is 0.890. The average Bonchev–Trinajstić information content (AvgIpc) is 3.02. The first-order valence-electron chi connectivity index (χ1n) is 8.67. The Hall–Kier alpha value is -2.18. The van der Waals surface area contributed by atoms with Crippen molar-refractivity contribution in [2.75, 3.05) is 13.6 Å². The molecule has 1 aromatic heterocycles. The molecule has 26 heavy (non-hydrogen) atoms. The highest BCUT2D eigenvalue weighted by molar-refractivity contribution is 6.31. The van der Waals surface area contributed by atoms with Gasteiger partial charge in [-0.15, -0.1) is 0 Å². The summed E-state index contributed by atoms with van der Waals surface area (Å²) in [5, 5.41) is 14.7. The molecule has 1 saturated carbocycles. The van der Waals surface area contributed by atoms with E-state index in [1.807, 2.05) is 6.92 Å². The van der Waals surface area contributed by atoms with Crippen molar-refractivity contribution in [2.45, 2.75) is 32.3 Å². The minimum absolute atomic E-state index is 0.0887. The van der Waals surface area contributed by atoms with Gasteiger partial charge in [0.05, 0.1) is 11.8 Å². The van der Waals surface area contributed by atoms with E-state index in [1.165, 1.54) is 16.8 Å². The molecule has 1 amide bonds. The normalized spacial score (nSPS) is 19.5. The number of nitrogens with zero attached hydrogens (tertiary/aromatic N) is 3. The Morgan fingerprint density at radius 1 is 1.35 bits per heavy atom. The highest BCUT2D eigenvalue weighted by Gasteiger charge is 2.28. The average molecular weight is 376 g/mol. The molecule has 1 aliphatic carbocycles. The standard InChI is InChI=1S/C19H22ClN3O3/c1-12-6-7-14(10-15(12)20)23-18(25)9-8-16(21-23)19(26)22(2)11-13-4-3-5-17(13)24/h6-10,13,17,24H,3-5,11H2,1-2H3/t13-,17+/m1/s1. The van der Waals surface area contributed by atoms with Gasteiger partial charge in [-0.05, 0) is 43.5 Å². The van der Waals surface area contributed by atoms with Crippen LogP contribution in [0.4, 0.5) is 0 Å². The molecule has 2 atom stereocenters. The third kappa shape index (κ3) is 3.81. The van der Waals surface area contributed by atoms with Gasteiger partial charge in [0.15, 0.2) is 0 Å². The van der Waals surface area contributed by atoms with Gasteiger partial charge in [-0.25, -0.2) is 0 Å². The van der Waals surface area contributed by atoms with Gasteiger partial charge >= 0.3 is 0 Å². The van der Waals surface area contributed by atoms with Crippen molar-refractivity contribution in [3.8, 4) is 5.69 Å². The second kappa shape index (κ2) is 7.60. The van der Waals surface area contributed by atoms with Crippen molar-refractivity contribution in [3.05, 3.63) is 57.0 Å². The monoisotopic (exact) mass is 375 g/mol. The molecule has 1 N–H and O–H groups in total. The van der Waals surface area contributed by atoms with Crippen molar-refractivity contribution in [3.63, 3.8) is 0 Å². The van der Waals surface area contributed by atoms with Crippen molar-refractivity contribution in [1.29, 1.82) is 0 Å². The fourth-order valence-electron chi connectivity index (χ4n) is 3.28. The van der Waals surface area contributed by atoms with Gasteiger partial charge in [0, 0.05) is 30.6 Å². The summed E-state index contributed by atoms with van der Waals surface area (Å²) in [6.45, 7) is 2.34. The minimum Gasteiger partial charge on any atom is -0.393 e. The molecule has 0 saturated heterocycles. The maximum atomic E-state index is 12.7. The lowest BCUT2D eigenvalue weighted by atomic mass is 10.1.